The highest BCUT2D eigenvalue weighted by Crippen LogP contribution is 2.50. The molecule has 29 heavy (non-hydrogen) atoms. The average Bonchev–Trinajstić information content (AvgIpc) is 3.00. The average molecular weight is 399 g/mol. The number of amides is 3. The fourth-order valence-electron chi connectivity index (χ4n) is 4.74. The molecule has 4 aliphatic rings. The van der Waals surface area contributed by atoms with E-state index in [1.165, 1.54) is 32.2 Å². The van der Waals surface area contributed by atoms with E-state index in [-0.39, 0.29) is 40.8 Å². The first-order chi connectivity index (χ1) is 13.8. The number of benzene rings is 1. The summed E-state index contributed by atoms with van der Waals surface area (Å²) >= 11 is 0. The van der Waals surface area contributed by atoms with Crippen molar-refractivity contribution in [1.82, 2.24) is 4.90 Å². The predicted molar refractivity (Wildman–Crippen MR) is 102 cm³/mol. The number of fused-ring (bicyclic) bond motifs is 1. The minimum Gasteiger partial charge on any atom is -0.495 e. The number of carbonyl (C=O) groups is 3. The highest BCUT2D eigenvalue weighted by molar-refractivity contribution is 6.10. The number of hydrogen-bond donors (Lipinski definition) is 1. The van der Waals surface area contributed by atoms with Crippen molar-refractivity contribution in [1.29, 1.82) is 0 Å². The Balaban J connectivity index is 1.56. The number of nitrogens with zero attached hydrogens (tertiary/aromatic N) is 2. The summed E-state index contributed by atoms with van der Waals surface area (Å²) in [5.74, 6) is -1.70. The van der Waals surface area contributed by atoms with Gasteiger partial charge in [0.05, 0.1) is 29.6 Å². The minimum absolute atomic E-state index is 0.0404. The molecule has 9 heteroatoms. The second-order valence-electron chi connectivity index (χ2n) is 7.69. The zero-order chi connectivity index (χ0) is 20.9. The summed E-state index contributed by atoms with van der Waals surface area (Å²) in [6, 6.07) is 2.78. The molecule has 1 saturated carbocycles. The highest BCUT2D eigenvalue weighted by Gasteiger charge is 2.58. The van der Waals surface area contributed by atoms with Gasteiger partial charge in [-0.2, -0.15) is 0 Å². The van der Waals surface area contributed by atoms with Gasteiger partial charge in [-0.05, 0) is 37.7 Å². The summed E-state index contributed by atoms with van der Waals surface area (Å²) in [6.07, 6.45) is 5.78. The van der Waals surface area contributed by atoms with Crippen LogP contribution >= 0.6 is 0 Å². The molecule has 5 rings (SSSR count). The van der Waals surface area contributed by atoms with Crippen molar-refractivity contribution < 1.29 is 24.0 Å². The molecule has 152 valence electrons. The molecule has 0 spiro atoms. The van der Waals surface area contributed by atoms with Crippen LogP contribution in [0.4, 0.5) is 11.4 Å². The molecule has 1 heterocycles. The van der Waals surface area contributed by atoms with Gasteiger partial charge in [0.15, 0.2) is 0 Å². The smallest absolute Gasteiger partial charge is 0.271 e. The number of non-ortho nitro benzene ring substituents is 1. The molecule has 5 atom stereocenters. The zero-order valence-corrected chi connectivity index (χ0v) is 16.0. The van der Waals surface area contributed by atoms with Crippen molar-refractivity contribution in [2.75, 3.05) is 12.4 Å². The fourth-order valence-corrected chi connectivity index (χ4v) is 4.74. The number of ether oxygens (including phenoxy) is 1. The van der Waals surface area contributed by atoms with E-state index in [0.717, 1.165) is 17.7 Å². The minimum atomic E-state index is -1.04. The molecule has 3 amide bonds. The number of nitro benzene ring substituents is 1. The quantitative estimate of drug-likeness (QED) is 0.351. The van der Waals surface area contributed by atoms with E-state index in [0.29, 0.717) is 0 Å². The molecule has 0 radical (unpaired) electrons. The Morgan fingerprint density at radius 1 is 1.21 bits per heavy atom. The lowest BCUT2D eigenvalue weighted by Crippen LogP contribution is -2.46. The number of imide groups is 1. The van der Waals surface area contributed by atoms with Crippen LogP contribution in [0.15, 0.2) is 30.4 Å². The molecule has 9 nitrogen and oxygen atoms in total. The first-order valence-corrected chi connectivity index (χ1v) is 9.52. The predicted octanol–water partition coefficient (Wildman–Crippen LogP) is 2.13. The van der Waals surface area contributed by atoms with Gasteiger partial charge in [-0.25, -0.2) is 0 Å². The van der Waals surface area contributed by atoms with Gasteiger partial charge >= 0.3 is 0 Å². The first kappa shape index (κ1) is 19.1. The van der Waals surface area contributed by atoms with Crippen LogP contribution in [0.3, 0.4) is 0 Å². The van der Waals surface area contributed by atoms with Gasteiger partial charge in [0.1, 0.15) is 11.8 Å². The Kier molecular flexibility index (Phi) is 4.60. The molecule has 1 aromatic rings. The number of anilines is 1. The number of likely N-dealkylation sites (tertiary alicyclic amines) is 1. The lowest BCUT2D eigenvalue weighted by molar-refractivity contribution is -0.384. The van der Waals surface area contributed by atoms with Gasteiger partial charge in [-0.3, -0.25) is 29.4 Å². The lowest BCUT2D eigenvalue weighted by atomic mass is 9.63. The Bertz CT molecular complexity index is 910. The van der Waals surface area contributed by atoms with Crippen molar-refractivity contribution in [2.24, 2.45) is 23.7 Å². The molecule has 3 aliphatic carbocycles. The Labute approximate surface area is 166 Å². The van der Waals surface area contributed by atoms with Crippen LogP contribution in [0.5, 0.6) is 5.75 Å². The topological polar surface area (TPSA) is 119 Å². The highest BCUT2D eigenvalue weighted by atomic mass is 16.6. The largest absolute Gasteiger partial charge is 0.495 e. The van der Waals surface area contributed by atoms with Gasteiger partial charge in [0, 0.05) is 12.1 Å². The van der Waals surface area contributed by atoms with Crippen LogP contribution in [-0.2, 0) is 14.4 Å². The normalized spacial score (nSPS) is 28.3. The third kappa shape index (κ3) is 2.97. The standard InChI is InChI=1S/C20H21N3O6/c1-10(18(24)21-14-9-13(23(27)28)7-8-15(14)29-2)22-19(25)16-11-3-4-12(6-5-11)17(16)20(22)26/h3-4,7-12,16-17H,5-6H2,1-2H3,(H,21,24). The van der Waals surface area contributed by atoms with Crippen molar-refractivity contribution in [3.63, 3.8) is 0 Å². The molecular weight excluding hydrogens is 378 g/mol. The summed E-state index contributed by atoms with van der Waals surface area (Å²) in [5, 5.41) is 13.6. The summed E-state index contributed by atoms with van der Waals surface area (Å²) in [6.45, 7) is 1.49. The van der Waals surface area contributed by atoms with Gasteiger partial charge in [0.2, 0.25) is 17.7 Å². The van der Waals surface area contributed by atoms with Crippen LogP contribution in [-0.4, -0.2) is 40.7 Å². The monoisotopic (exact) mass is 399 g/mol. The molecular formula is C20H21N3O6. The molecule has 0 aromatic heterocycles. The first-order valence-electron chi connectivity index (χ1n) is 9.52. The van der Waals surface area contributed by atoms with E-state index in [2.05, 4.69) is 5.32 Å². The van der Waals surface area contributed by atoms with E-state index in [1.807, 2.05) is 12.2 Å². The van der Waals surface area contributed by atoms with E-state index < -0.39 is 28.7 Å². The molecule has 1 saturated heterocycles. The number of carbonyl (C=O) groups excluding carboxylic acids is 3. The van der Waals surface area contributed by atoms with Gasteiger partial charge < -0.3 is 10.1 Å². The SMILES string of the molecule is COc1ccc([N+](=O)[O-])cc1NC(=O)C(C)N1C(=O)C2C3C=CC(CC3)C2C1=O. The number of methoxy groups -OCH3 is 1. The maximum absolute atomic E-state index is 13.0. The maximum atomic E-state index is 13.0. The number of nitrogens with one attached hydrogen (secondary N) is 1. The van der Waals surface area contributed by atoms with Crippen LogP contribution in [0.2, 0.25) is 0 Å². The molecule has 2 bridgehead atoms. The fraction of sp³-hybridized carbons (Fsp3) is 0.450. The summed E-state index contributed by atoms with van der Waals surface area (Å²) in [7, 11) is 1.38. The van der Waals surface area contributed by atoms with Gasteiger partial charge in [-0.1, -0.05) is 12.2 Å². The van der Waals surface area contributed by atoms with Crippen LogP contribution in [0.25, 0.3) is 0 Å². The van der Waals surface area contributed by atoms with Crippen molar-refractivity contribution >= 4 is 29.1 Å². The van der Waals surface area contributed by atoms with Crippen molar-refractivity contribution in [2.45, 2.75) is 25.8 Å². The third-order valence-electron chi connectivity index (χ3n) is 6.21. The van der Waals surface area contributed by atoms with E-state index in [1.54, 1.807) is 0 Å². The van der Waals surface area contributed by atoms with Crippen LogP contribution in [0, 0.1) is 33.8 Å². The molecule has 5 unspecified atom stereocenters. The zero-order valence-electron chi connectivity index (χ0n) is 16.0. The van der Waals surface area contributed by atoms with Crippen molar-refractivity contribution in [3.8, 4) is 5.75 Å². The Morgan fingerprint density at radius 3 is 2.28 bits per heavy atom. The molecule has 2 fully saturated rings. The Hall–Kier alpha value is -3.23. The van der Waals surface area contributed by atoms with Crippen molar-refractivity contribution in [3.05, 3.63) is 40.5 Å². The number of hydrogen-bond acceptors (Lipinski definition) is 6. The Morgan fingerprint density at radius 2 is 1.79 bits per heavy atom. The number of rotatable bonds is 5. The molecule has 1 aromatic carbocycles. The number of allylic oxidation sites excluding steroid dienone is 2. The molecule has 1 aliphatic heterocycles. The second kappa shape index (κ2) is 6.98. The summed E-state index contributed by atoms with van der Waals surface area (Å²) < 4.78 is 5.15. The van der Waals surface area contributed by atoms with Crippen LogP contribution in [0.1, 0.15) is 19.8 Å². The number of nitro groups is 1. The molecule has 1 N–H and O–H groups in total. The van der Waals surface area contributed by atoms with E-state index in [9.17, 15) is 24.5 Å². The third-order valence-corrected chi connectivity index (χ3v) is 6.21. The van der Waals surface area contributed by atoms with E-state index >= 15 is 0 Å². The van der Waals surface area contributed by atoms with Gasteiger partial charge in [0.25, 0.3) is 5.69 Å². The van der Waals surface area contributed by atoms with E-state index in [4.69, 9.17) is 4.74 Å². The van der Waals surface area contributed by atoms with Gasteiger partial charge in [-0.15, -0.1) is 0 Å². The maximum Gasteiger partial charge on any atom is 0.271 e. The summed E-state index contributed by atoms with van der Waals surface area (Å²) in [5.41, 5.74) is -0.104. The van der Waals surface area contributed by atoms with Crippen LogP contribution < -0.4 is 10.1 Å². The summed E-state index contributed by atoms with van der Waals surface area (Å²) in [4.78, 5) is 50.3. The lowest BCUT2D eigenvalue weighted by Gasteiger charge is -2.38. The second-order valence-corrected chi connectivity index (χ2v) is 7.69.